The monoisotopic (exact) mass is 436 g/mol. The van der Waals surface area contributed by atoms with Crippen LogP contribution in [0.1, 0.15) is 98.8 Å². The van der Waals surface area contributed by atoms with Crippen molar-refractivity contribution in [3.05, 3.63) is 0 Å². The zero-order chi connectivity index (χ0) is 18.2. The first-order chi connectivity index (χ1) is 11.2. The van der Waals surface area contributed by atoms with Crippen molar-refractivity contribution < 1.29 is 10.2 Å². The van der Waals surface area contributed by atoms with Crippen LogP contribution in [0.3, 0.4) is 0 Å². The van der Waals surface area contributed by atoms with Crippen LogP contribution in [0.4, 0.5) is 0 Å². The van der Waals surface area contributed by atoms with E-state index >= 15 is 0 Å². The van der Waals surface area contributed by atoms with E-state index < -0.39 is 0 Å². The van der Waals surface area contributed by atoms with E-state index in [1.807, 2.05) is 13.8 Å². The predicted molar refractivity (Wildman–Crippen MR) is 103 cm³/mol. The third kappa shape index (κ3) is 34.9. The third-order valence-electron chi connectivity index (χ3n) is 3.68. The third-order valence-corrected chi connectivity index (χ3v) is 8.17. The second-order valence-corrected chi connectivity index (χ2v) is 10.1. The minimum absolute atomic E-state index is 0.0553. The summed E-state index contributed by atoms with van der Waals surface area (Å²) in [4.78, 5) is 0. The van der Waals surface area contributed by atoms with E-state index in [4.69, 9.17) is 0 Å². The molecule has 0 bridgehead atoms. The van der Waals surface area contributed by atoms with Gasteiger partial charge in [-0.05, 0) is 0 Å². The van der Waals surface area contributed by atoms with Crippen LogP contribution in [0.2, 0.25) is 8.87 Å². The van der Waals surface area contributed by atoms with Crippen LogP contribution in [-0.4, -0.2) is 34.4 Å². The molecule has 0 saturated carbocycles. The van der Waals surface area contributed by atoms with Gasteiger partial charge in [0.25, 0.3) is 0 Å². The molecule has 1 unspecified atom stereocenters. The summed E-state index contributed by atoms with van der Waals surface area (Å²) >= 11 is 0.0553. The van der Waals surface area contributed by atoms with E-state index in [1.54, 1.807) is 8.87 Å². The van der Waals surface area contributed by atoms with Crippen LogP contribution < -0.4 is 10.2 Å². The Hall–Kier alpha value is 0.719. The van der Waals surface area contributed by atoms with Gasteiger partial charge < -0.3 is 10.2 Å². The van der Waals surface area contributed by atoms with E-state index in [-0.39, 0.29) is 34.4 Å². The molecule has 0 heterocycles. The molecule has 0 spiro atoms. The fraction of sp³-hybridized carbons (Fsp3) is 1.00. The first-order valence-corrected chi connectivity index (χ1v) is 14.1. The van der Waals surface area contributed by atoms with Crippen molar-refractivity contribution in [3.63, 3.8) is 0 Å². The molecule has 2 nitrogen and oxygen atoms in total. The van der Waals surface area contributed by atoms with Crippen molar-refractivity contribution in [1.82, 2.24) is 0 Å². The average Bonchev–Trinajstić information content (AvgIpc) is 2.57. The van der Waals surface area contributed by atoms with Crippen LogP contribution in [0.25, 0.3) is 0 Å². The zero-order valence-electron chi connectivity index (χ0n) is 16.8. The Balaban J connectivity index is -0.000000329. The van der Waals surface area contributed by atoms with Gasteiger partial charge in [-0.2, -0.15) is 0 Å². The van der Waals surface area contributed by atoms with Crippen molar-refractivity contribution in [2.24, 2.45) is 5.92 Å². The zero-order valence-corrected chi connectivity index (χ0v) is 19.6. The van der Waals surface area contributed by atoms with Gasteiger partial charge in [0.05, 0.1) is 0 Å². The van der Waals surface area contributed by atoms with Crippen LogP contribution in [-0.2, 0) is 0 Å². The van der Waals surface area contributed by atoms with Gasteiger partial charge in [0.15, 0.2) is 0 Å². The Bertz CT molecular complexity index is 156. The molecule has 0 aliphatic heterocycles. The van der Waals surface area contributed by atoms with Crippen molar-refractivity contribution in [1.29, 1.82) is 0 Å². The van der Waals surface area contributed by atoms with Gasteiger partial charge in [-0.1, -0.05) is 39.5 Å². The quantitative estimate of drug-likeness (QED) is 0.307. The molecule has 0 saturated heterocycles. The second-order valence-electron chi connectivity index (χ2n) is 6.09. The van der Waals surface area contributed by atoms with E-state index in [2.05, 4.69) is 20.8 Å². The molecule has 3 heteroatoms. The average molecular weight is 435 g/mol. The van der Waals surface area contributed by atoms with Gasteiger partial charge in [0, 0.05) is 0 Å². The van der Waals surface area contributed by atoms with Gasteiger partial charge in [0.2, 0.25) is 0 Å². The molecule has 0 aromatic rings. The summed E-state index contributed by atoms with van der Waals surface area (Å²) in [7, 11) is 0. The molecule has 0 radical (unpaired) electrons. The Kier molecular flexibility index (Phi) is 37.9. The summed E-state index contributed by atoms with van der Waals surface area (Å²) in [5, 5.41) is 19.1. The van der Waals surface area contributed by atoms with Gasteiger partial charge in [-0.15, -0.1) is 13.2 Å². The van der Waals surface area contributed by atoms with Crippen LogP contribution >= 0.6 is 0 Å². The molecule has 0 rings (SSSR count). The molecular formula is C20H44O2Sn. The fourth-order valence-corrected chi connectivity index (χ4v) is 6.72. The molecule has 0 N–H and O–H groups in total. The standard InChI is InChI=1S/C8H17.2C4H9O.C4H9.Sn/c1-4-6-7-8(3)5-2;2*1-2-3-4-5;1-3-4-2;/h8H,3-7H2,1-2H3;2*2-4H2,1H3;1,3-4H2,2H3;/q;2*-1;;+2. The first-order valence-electron chi connectivity index (χ1n) is 10.0. The molecule has 23 heavy (non-hydrogen) atoms. The summed E-state index contributed by atoms with van der Waals surface area (Å²) in [6.45, 7) is 11.2. The number of hydrogen-bond donors (Lipinski definition) is 0. The Labute approximate surface area is 158 Å². The molecule has 0 aromatic carbocycles. The maximum atomic E-state index is 9.53. The Morgan fingerprint density at radius 2 is 1.17 bits per heavy atom. The SMILES string of the molecule is CCCC[O-].CCCC[O-].CCC[CH2][Sn+2][CH2]C(CC)CCCC. The van der Waals surface area contributed by atoms with Crippen molar-refractivity contribution >= 4 is 21.1 Å². The normalized spacial score (nSPS) is 10.7. The minimum atomic E-state index is 0.0553. The van der Waals surface area contributed by atoms with Crippen LogP contribution in [0.15, 0.2) is 0 Å². The molecule has 0 amide bonds. The van der Waals surface area contributed by atoms with Gasteiger partial charge in [-0.25, -0.2) is 0 Å². The Morgan fingerprint density at radius 1 is 0.696 bits per heavy atom. The summed E-state index contributed by atoms with van der Waals surface area (Å²) in [5.41, 5.74) is 0. The fourth-order valence-electron chi connectivity index (χ4n) is 1.84. The van der Waals surface area contributed by atoms with Gasteiger partial charge >= 0.3 is 95.2 Å². The van der Waals surface area contributed by atoms with Crippen molar-refractivity contribution in [2.45, 2.75) is 108 Å². The topological polar surface area (TPSA) is 46.1 Å². The van der Waals surface area contributed by atoms with Crippen molar-refractivity contribution in [3.8, 4) is 0 Å². The number of hydrogen-bond acceptors (Lipinski definition) is 2. The summed E-state index contributed by atoms with van der Waals surface area (Å²) in [6, 6.07) is 0. The molecular weight excluding hydrogens is 391 g/mol. The molecule has 0 aliphatic carbocycles. The van der Waals surface area contributed by atoms with E-state index in [1.165, 1.54) is 38.5 Å². The van der Waals surface area contributed by atoms with Crippen molar-refractivity contribution in [2.75, 3.05) is 13.2 Å². The first kappa shape index (κ1) is 28.5. The summed E-state index contributed by atoms with van der Waals surface area (Å²) < 4.78 is 3.28. The number of rotatable bonds is 13. The molecule has 140 valence electrons. The maximum absolute atomic E-state index is 9.53. The van der Waals surface area contributed by atoms with Gasteiger partial charge in [-0.3, -0.25) is 0 Å². The van der Waals surface area contributed by atoms with E-state index in [0.29, 0.717) is 0 Å². The van der Waals surface area contributed by atoms with Gasteiger partial charge in [0.1, 0.15) is 0 Å². The second kappa shape index (κ2) is 30.6. The molecule has 0 aromatic heterocycles. The Morgan fingerprint density at radius 3 is 1.48 bits per heavy atom. The summed E-state index contributed by atoms with van der Waals surface area (Å²) in [6.07, 6.45) is 12.4. The van der Waals surface area contributed by atoms with E-state index in [0.717, 1.165) is 31.6 Å². The predicted octanol–water partition coefficient (Wildman–Crippen LogP) is 4.84. The summed E-state index contributed by atoms with van der Waals surface area (Å²) in [5.74, 6) is 1.10. The molecule has 0 fully saturated rings. The number of unbranched alkanes of at least 4 members (excludes halogenated alkanes) is 4. The molecule has 0 aliphatic rings. The van der Waals surface area contributed by atoms with Crippen LogP contribution in [0, 0.1) is 5.92 Å². The molecule has 1 atom stereocenters. The van der Waals surface area contributed by atoms with E-state index in [9.17, 15) is 10.2 Å². The van der Waals surface area contributed by atoms with Crippen LogP contribution in [0.5, 0.6) is 0 Å².